The van der Waals surface area contributed by atoms with Gasteiger partial charge in [-0.05, 0) is 16.8 Å². The second kappa shape index (κ2) is 4.83. The number of carbonyl (C=O) groups is 1. The fraction of sp³-hybridized carbons (Fsp3) is 0.250. The number of aliphatic hydroxyl groups excluding tert-OH is 2. The van der Waals surface area contributed by atoms with Gasteiger partial charge in [0.1, 0.15) is 6.10 Å². The smallest absolute Gasteiger partial charge is 0.306 e. The molecule has 2 aromatic rings. The van der Waals surface area contributed by atoms with E-state index in [9.17, 15) is 15.0 Å². The van der Waals surface area contributed by atoms with Gasteiger partial charge in [0.25, 0.3) is 0 Å². The Kier molecular flexibility index (Phi) is 3.42. The number of benzene rings is 1. The second-order valence-electron chi connectivity index (χ2n) is 3.80. The van der Waals surface area contributed by atoms with Crippen molar-refractivity contribution in [3.63, 3.8) is 0 Å². The van der Waals surface area contributed by atoms with E-state index in [4.69, 9.17) is 5.11 Å². The lowest BCUT2D eigenvalue weighted by Crippen LogP contribution is -2.21. The Morgan fingerprint density at radius 2 is 2.00 bits per heavy atom. The molecule has 2 atom stereocenters. The van der Waals surface area contributed by atoms with Crippen LogP contribution in [0.25, 0.3) is 10.1 Å². The molecule has 0 radical (unpaired) electrons. The third-order valence-electron chi connectivity index (χ3n) is 2.58. The predicted octanol–water partition coefficient (Wildman–Crippen LogP) is 1.77. The lowest BCUT2D eigenvalue weighted by Gasteiger charge is -2.15. The normalized spacial score (nSPS) is 14.7. The van der Waals surface area contributed by atoms with E-state index in [1.54, 1.807) is 5.38 Å². The summed E-state index contributed by atoms with van der Waals surface area (Å²) in [6, 6.07) is 7.50. The van der Waals surface area contributed by atoms with Crippen LogP contribution in [-0.2, 0) is 4.79 Å². The van der Waals surface area contributed by atoms with E-state index < -0.39 is 24.6 Å². The van der Waals surface area contributed by atoms with Crippen LogP contribution in [0.1, 0.15) is 18.1 Å². The average molecular weight is 252 g/mol. The molecule has 4 nitrogen and oxygen atoms in total. The van der Waals surface area contributed by atoms with Gasteiger partial charge in [0.2, 0.25) is 0 Å². The van der Waals surface area contributed by atoms with Gasteiger partial charge in [-0.1, -0.05) is 18.2 Å². The van der Waals surface area contributed by atoms with Gasteiger partial charge in [-0.15, -0.1) is 11.3 Å². The van der Waals surface area contributed by atoms with Crippen molar-refractivity contribution in [2.24, 2.45) is 0 Å². The molecule has 0 spiro atoms. The van der Waals surface area contributed by atoms with Gasteiger partial charge in [0.15, 0.2) is 0 Å². The number of rotatable bonds is 4. The molecule has 0 aliphatic heterocycles. The van der Waals surface area contributed by atoms with Crippen LogP contribution in [0.2, 0.25) is 0 Å². The van der Waals surface area contributed by atoms with Crippen molar-refractivity contribution in [1.29, 1.82) is 0 Å². The van der Waals surface area contributed by atoms with Gasteiger partial charge in [0.05, 0.1) is 12.5 Å². The largest absolute Gasteiger partial charge is 0.481 e. The van der Waals surface area contributed by atoms with E-state index in [0.29, 0.717) is 5.56 Å². The van der Waals surface area contributed by atoms with Crippen LogP contribution < -0.4 is 0 Å². The van der Waals surface area contributed by atoms with E-state index in [0.717, 1.165) is 10.1 Å². The third-order valence-corrected chi connectivity index (χ3v) is 3.56. The van der Waals surface area contributed by atoms with Gasteiger partial charge in [-0.3, -0.25) is 4.79 Å². The second-order valence-corrected chi connectivity index (χ2v) is 4.71. The molecule has 0 amide bonds. The zero-order valence-corrected chi connectivity index (χ0v) is 9.72. The van der Waals surface area contributed by atoms with Crippen molar-refractivity contribution in [3.8, 4) is 0 Å². The first-order valence-corrected chi connectivity index (χ1v) is 6.01. The Hall–Kier alpha value is -1.43. The van der Waals surface area contributed by atoms with Crippen LogP contribution in [-0.4, -0.2) is 27.4 Å². The van der Waals surface area contributed by atoms with Crippen LogP contribution in [0, 0.1) is 0 Å². The number of hydrogen-bond donors (Lipinski definition) is 3. The number of hydrogen-bond acceptors (Lipinski definition) is 4. The van der Waals surface area contributed by atoms with E-state index in [1.807, 2.05) is 24.3 Å². The summed E-state index contributed by atoms with van der Waals surface area (Å²) in [7, 11) is 0. The highest BCUT2D eigenvalue weighted by atomic mass is 32.1. The maximum Gasteiger partial charge on any atom is 0.306 e. The topological polar surface area (TPSA) is 77.8 Å². The molecule has 0 saturated heterocycles. The summed E-state index contributed by atoms with van der Waals surface area (Å²) in [5.41, 5.74) is 0.583. The predicted molar refractivity (Wildman–Crippen MR) is 65.0 cm³/mol. The number of aliphatic hydroxyl groups is 2. The summed E-state index contributed by atoms with van der Waals surface area (Å²) < 4.78 is 1.00. The highest BCUT2D eigenvalue weighted by Crippen LogP contribution is 2.32. The maximum atomic E-state index is 10.5. The summed E-state index contributed by atoms with van der Waals surface area (Å²) in [4.78, 5) is 10.5. The molecule has 0 saturated carbocycles. The molecule has 1 heterocycles. The third kappa shape index (κ3) is 2.46. The Bertz CT molecular complexity index is 534. The van der Waals surface area contributed by atoms with Crippen molar-refractivity contribution in [1.82, 2.24) is 0 Å². The molecule has 2 rings (SSSR count). The Labute approximate surface area is 102 Å². The Balaban J connectivity index is 2.30. The summed E-state index contributed by atoms with van der Waals surface area (Å²) in [5, 5.41) is 30.7. The average Bonchev–Trinajstić information content (AvgIpc) is 2.70. The van der Waals surface area contributed by atoms with Crippen LogP contribution in [0.5, 0.6) is 0 Å². The lowest BCUT2D eigenvalue weighted by atomic mass is 10.0. The summed E-state index contributed by atoms with van der Waals surface area (Å²) in [6.07, 6.45) is -2.92. The SMILES string of the molecule is O=C(O)CC(O)C(O)c1csc2ccccc12. The first-order chi connectivity index (χ1) is 8.09. The number of aliphatic carboxylic acids is 1. The molecule has 1 aromatic carbocycles. The minimum atomic E-state index is -1.29. The summed E-state index contributed by atoms with van der Waals surface area (Å²) in [6.45, 7) is 0. The van der Waals surface area contributed by atoms with Crippen LogP contribution >= 0.6 is 11.3 Å². The van der Waals surface area contributed by atoms with Crippen LogP contribution in [0.3, 0.4) is 0 Å². The van der Waals surface area contributed by atoms with Gasteiger partial charge < -0.3 is 15.3 Å². The van der Waals surface area contributed by atoms with Crippen molar-refractivity contribution in [3.05, 3.63) is 35.2 Å². The Morgan fingerprint density at radius 3 is 2.71 bits per heavy atom. The van der Waals surface area contributed by atoms with E-state index in [2.05, 4.69) is 0 Å². The number of carboxylic acid groups (broad SMARTS) is 1. The molecule has 3 N–H and O–H groups in total. The molecule has 0 bridgehead atoms. The monoisotopic (exact) mass is 252 g/mol. The molecule has 17 heavy (non-hydrogen) atoms. The van der Waals surface area contributed by atoms with Gasteiger partial charge in [0, 0.05) is 10.3 Å². The summed E-state index contributed by atoms with van der Waals surface area (Å²) in [5.74, 6) is -1.13. The Morgan fingerprint density at radius 1 is 1.29 bits per heavy atom. The molecular formula is C12H12O4S. The minimum Gasteiger partial charge on any atom is -0.481 e. The van der Waals surface area contributed by atoms with E-state index in [1.165, 1.54) is 11.3 Å². The maximum absolute atomic E-state index is 10.5. The fourth-order valence-electron chi connectivity index (χ4n) is 1.73. The number of fused-ring (bicyclic) bond motifs is 1. The molecule has 90 valence electrons. The molecule has 2 unspecified atom stereocenters. The highest BCUT2D eigenvalue weighted by molar-refractivity contribution is 7.17. The van der Waals surface area contributed by atoms with Crippen molar-refractivity contribution < 1.29 is 20.1 Å². The molecule has 0 aliphatic rings. The lowest BCUT2D eigenvalue weighted by molar-refractivity contribution is -0.141. The van der Waals surface area contributed by atoms with Crippen molar-refractivity contribution in [2.75, 3.05) is 0 Å². The van der Waals surface area contributed by atoms with Gasteiger partial charge in [-0.25, -0.2) is 0 Å². The molecular weight excluding hydrogens is 240 g/mol. The molecule has 0 fully saturated rings. The van der Waals surface area contributed by atoms with E-state index in [-0.39, 0.29) is 0 Å². The number of carboxylic acids is 1. The fourth-order valence-corrected chi connectivity index (χ4v) is 2.72. The van der Waals surface area contributed by atoms with Gasteiger partial charge >= 0.3 is 5.97 Å². The molecule has 5 heteroatoms. The standard InChI is InChI=1S/C12H12O4S/c13-9(5-11(14)15)12(16)8-6-17-10-4-2-1-3-7(8)10/h1-4,6,9,12-13,16H,5H2,(H,14,15). The van der Waals surface area contributed by atoms with Crippen LogP contribution in [0.4, 0.5) is 0 Å². The first kappa shape index (κ1) is 12.0. The first-order valence-electron chi connectivity index (χ1n) is 5.13. The summed E-state index contributed by atoms with van der Waals surface area (Å²) >= 11 is 1.46. The molecule has 0 aliphatic carbocycles. The molecule has 1 aromatic heterocycles. The highest BCUT2D eigenvalue weighted by Gasteiger charge is 2.23. The number of thiophene rings is 1. The minimum absolute atomic E-state index is 0.467. The quantitative estimate of drug-likeness (QED) is 0.775. The van der Waals surface area contributed by atoms with Gasteiger partial charge in [-0.2, -0.15) is 0 Å². The van der Waals surface area contributed by atoms with E-state index >= 15 is 0 Å². The van der Waals surface area contributed by atoms with Crippen molar-refractivity contribution in [2.45, 2.75) is 18.6 Å². The van der Waals surface area contributed by atoms with Crippen LogP contribution in [0.15, 0.2) is 29.6 Å². The van der Waals surface area contributed by atoms with Crippen molar-refractivity contribution >= 4 is 27.4 Å². The zero-order valence-electron chi connectivity index (χ0n) is 8.91. The zero-order chi connectivity index (χ0) is 12.4.